The van der Waals surface area contributed by atoms with Crippen molar-refractivity contribution in [1.29, 1.82) is 0 Å². The zero-order valence-electron chi connectivity index (χ0n) is 17.6. The number of likely N-dealkylation sites (N-methyl/N-ethyl adjacent to an activating group) is 1. The van der Waals surface area contributed by atoms with E-state index in [-0.39, 0.29) is 19.0 Å². The summed E-state index contributed by atoms with van der Waals surface area (Å²) >= 11 is 0. The quantitative estimate of drug-likeness (QED) is 0.468. The molecule has 158 valence electrons. The van der Waals surface area contributed by atoms with E-state index in [0.717, 1.165) is 40.1 Å². The largest absolute Gasteiger partial charge is 0.492 e. The van der Waals surface area contributed by atoms with E-state index in [0.29, 0.717) is 13.0 Å². The maximum atomic E-state index is 9.77. The molecule has 0 saturated heterocycles. The summed E-state index contributed by atoms with van der Waals surface area (Å²) in [6, 6.07) is 28.9. The molecule has 0 fully saturated rings. The van der Waals surface area contributed by atoms with Crippen LogP contribution in [0.25, 0.3) is 11.1 Å². The minimum Gasteiger partial charge on any atom is -0.492 e. The summed E-state index contributed by atoms with van der Waals surface area (Å²) < 4.78 is 5.85. The van der Waals surface area contributed by atoms with Crippen LogP contribution in [0.1, 0.15) is 23.1 Å². The number of halogens is 1. The maximum Gasteiger partial charge on any atom is 0.119 e. The molecular weight excluding hydrogens is 394 g/mol. The van der Waals surface area contributed by atoms with Crippen LogP contribution in [0.4, 0.5) is 0 Å². The van der Waals surface area contributed by atoms with E-state index in [1.54, 1.807) is 0 Å². The zero-order chi connectivity index (χ0) is 20.5. The van der Waals surface area contributed by atoms with Crippen LogP contribution in [-0.2, 0) is 0 Å². The van der Waals surface area contributed by atoms with Crippen LogP contribution in [0.15, 0.2) is 84.9 Å². The number of aliphatic hydroxyl groups is 1. The fraction of sp³-hybridized carbons (Fsp3) is 0.231. The zero-order valence-corrected chi connectivity index (χ0v) is 18.4. The molecule has 0 aliphatic heterocycles. The number of rotatable bonds is 9. The third kappa shape index (κ3) is 6.46. The minimum atomic E-state index is 0. The molecular formula is C26H30ClNO2. The van der Waals surface area contributed by atoms with Gasteiger partial charge in [0, 0.05) is 13.2 Å². The molecule has 0 aliphatic rings. The molecule has 0 atom stereocenters. The van der Waals surface area contributed by atoms with Crippen LogP contribution in [0.3, 0.4) is 0 Å². The summed E-state index contributed by atoms with van der Waals surface area (Å²) in [6.07, 6.45) is 0.593. The average molecular weight is 424 g/mol. The summed E-state index contributed by atoms with van der Waals surface area (Å²) in [7, 11) is 4.07. The second-order valence-corrected chi connectivity index (χ2v) is 7.24. The van der Waals surface area contributed by atoms with Crippen molar-refractivity contribution in [3.05, 3.63) is 102 Å². The van der Waals surface area contributed by atoms with E-state index in [1.807, 2.05) is 50.5 Å². The van der Waals surface area contributed by atoms with Crippen LogP contribution < -0.4 is 4.74 Å². The van der Waals surface area contributed by atoms with Gasteiger partial charge in [-0.2, -0.15) is 0 Å². The van der Waals surface area contributed by atoms with Gasteiger partial charge in [0.05, 0.1) is 0 Å². The standard InChI is InChI=1S/C26H29NO2.ClH/c1-27(2)18-20-29-24-15-13-23(14-16-24)26(22-11-7-4-8-12-22)25(17-19-28)21-9-5-3-6-10-21;/h3-16,28H,17-20H2,1-2H3;1H/b26-25-;. The summed E-state index contributed by atoms with van der Waals surface area (Å²) in [5.74, 6) is 0.867. The van der Waals surface area contributed by atoms with Crippen molar-refractivity contribution in [3.63, 3.8) is 0 Å². The van der Waals surface area contributed by atoms with Gasteiger partial charge in [-0.15, -0.1) is 12.4 Å². The predicted molar refractivity (Wildman–Crippen MR) is 128 cm³/mol. The van der Waals surface area contributed by atoms with E-state index in [1.165, 1.54) is 0 Å². The van der Waals surface area contributed by atoms with E-state index < -0.39 is 0 Å². The molecule has 1 N–H and O–H groups in total. The molecule has 0 aromatic heterocycles. The van der Waals surface area contributed by atoms with Crippen molar-refractivity contribution in [2.45, 2.75) is 6.42 Å². The number of benzene rings is 3. The predicted octanol–water partition coefficient (Wildman–Crippen LogP) is 5.39. The van der Waals surface area contributed by atoms with Gasteiger partial charge < -0.3 is 14.7 Å². The Balaban J connectivity index is 0.00000320. The minimum absolute atomic E-state index is 0. The van der Waals surface area contributed by atoms with Gasteiger partial charge in [-0.05, 0) is 60.5 Å². The van der Waals surface area contributed by atoms with Crippen LogP contribution in [0, 0.1) is 0 Å². The first kappa shape index (κ1) is 23.7. The average Bonchev–Trinajstić information content (AvgIpc) is 2.75. The van der Waals surface area contributed by atoms with Crippen molar-refractivity contribution in [1.82, 2.24) is 4.90 Å². The summed E-state index contributed by atoms with van der Waals surface area (Å²) in [6.45, 7) is 1.64. The van der Waals surface area contributed by atoms with Gasteiger partial charge in [0.1, 0.15) is 12.4 Å². The molecule has 0 radical (unpaired) electrons. The van der Waals surface area contributed by atoms with Gasteiger partial charge in [0.15, 0.2) is 0 Å². The highest BCUT2D eigenvalue weighted by molar-refractivity contribution is 5.98. The van der Waals surface area contributed by atoms with Crippen LogP contribution in [-0.4, -0.2) is 43.9 Å². The fourth-order valence-corrected chi connectivity index (χ4v) is 3.35. The first-order chi connectivity index (χ1) is 14.2. The van der Waals surface area contributed by atoms with Gasteiger partial charge in [-0.25, -0.2) is 0 Å². The van der Waals surface area contributed by atoms with Crippen molar-refractivity contribution in [3.8, 4) is 5.75 Å². The normalized spacial score (nSPS) is 11.6. The van der Waals surface area contributed by atoms with E-state index >= 15 is 0 Å². The Morgan fingerprint density at radius 2 is 1.30 bits per heavy atom. The van der Waals surface area contributed by atoms with E-state index in [2.05, 4.69) is 53.4 Å². The molecule has 3 aromatic carbocycles. The third-order valence-electron chi connectivity index (χ3n) is 4.80. The molecule has 0 aliphatic carbocycles. The lowest BCUT2D eigenvalue weighted by Crippen LogP contribution is -2.19. The molecule has 0 amide bonds. The van der Waals surface area contributed by atoms with E-state index in [4.69, 9.17) is 4.74 Å². The highest BCUT2D eigenvalue weighted by Gasteiger charge is 2.14. The molecule has 4 heteroatoms. The Labute approximate surface area is 186 Å². The summed E-state index contributed by atoms with van der Waals surface area (Å²) in [5.41, 5.74) is 5.67. The number of hydrogen-bond acceptors (Lipinski definition) is 3. The second kappa shape index (κ2) is 12.2. The molecule has 0 unspecified atom stereocenters. The van der Waals surface area contributed by atoms with Gasteiger partial charge in [0.2, 0.25) is 0 Å². The van der Waals surface area contributed by atoms with Crippen molar-refractivity contribution >= 4 is 23.6 Å². The van der Waals surface area contributed by atoms with Gasteiger partial charge in [0.25, 0.3) is 0 Å². The van der Waals surface area contributed by atoms with Gasteiger partial charge >= 0.3 is 0 Å². The number of aliphatic hydroxyl groups excluding tert-OH is 1. The second-order valence-electron chi connectivity index (χ2n) is 7.24. The Morgan fingerprint density at radius 3 is 1.83 bits per heavy atom. The number of nitrogens with zero attached hydrogens (tertiary/aromatic N) is 1. The first-order valence-electron chi connectivity index (χ1n) is 10.0. The van der Waals surface area contributed by atoms with Gasteiger partial charge in [-0.3, -0.25) is 0 Å². The lowest BCUT2D eigenvalue weighted by Gasteiger charge is -2.17. The molecule has 3 nitrogen and oxygen atoms in total. The Hall–Kier alpha value is -2.59. The molecule has 0 saturated carbocycles. The lowest BCUT2D eigenvalue weighted by molar-refractivity contribution is 0.261. The Morgan fingerprint density at radius 1 is 0.767 bits per heavy atom. The monoisotopic (exact) mass is 423 g/mol. The molecule has 3 aromatic rings. The molecule has 3 rings (SSSR count). The van der Waals surface area contributed by atoms with Crippen LogP contribution in [0.5, 0.6) is 5.75 Å². The maximum absolute atomic E-state index is 9.77. The lowest BCUT2D eigenvalue weighted by atomic mass is 9.88. The molecule has 0 heterocycles. The molecule has 0 spiro atoms. The van der Waals surface area contributed by atoms with Crippen molar-refractivity contribution in [2.75, 3.05) is 33.9 Å². The fourth-order valence-electron chi connectivity index (χ4n) is 3.35. The van der Waals surface area contributed by atoms with Gasteiger partial charge in [-0.1, -0.05) is 72.8 Å². The topological polar surface area (TPSA) is 32.7 Å². The highest BCUT2D eigenvalue weighted by atomic mass is 35.5. The Bertz CT molecular complexity index is 907. The van der Waals surface area contributed by atoms with Crippen molar-refractivity contribution < 1.29 is 9.84 Å². The number of hydrogen-bond donors (Lipinski definition) is 1. The Kier molecular flexibility index (Phi) is 9.62. The third-order valence-corrected chi connectivity index (χ3v) is 4.80. The summed E-state index contributed by atoms with van der Waals surface area (Å²) in [5, 5.41) is 9.77. The highest BCUT2D eigenvalue weighted by Crippen LogP contribution is 2.34. The van der Waals surface area contributed by atoms with Crippen LogP contribution in [0.2, 0.25) is 0 Å². The molecule has 0 bridgehead atoms. The SMILES string of the molecule is CN(C)CCOc1ccc(/C(=C(/CCO)c2ccccc2)c2ccccc2)cc1.Cl. The van der Waals surface area contributed by atoms with Crippen molar-refractivity contribution in [2.24, 2.45) is 0 Å². The van der Waals surface area contributed by atoms with Crippen LogP contribution >= 0.6 is 12.4 Å². The summed E-state index contributed by atoms with van der Waals surface area (Å²) in [4.78, 5) is 2.10. The van der Waals surface area contributed by atoms with E-state index in [9.17, 15) is 5.11 Å². The smallest absolute Gasteiger partial charge is 0.119 e. The first-order valence-corrected chi connectivity index (χ1v) is 10.0. The number of ether oxygens (including phenoxy) is 1. The molecule has 30 heavy (non-hydrogen) atoms.